The van der Waals surface area contributed by atoms with Crippen molar-refractivity contribution in [2.24, 2.45) is 11.7 Å². The molecule has 0 aliphatic carbocycles. The molecule has 0 saturated carbocycles. The largest absolute Gasteiger partial charge is 0.370 e. The summed E-state index contributed by atoms with van der Waals surface area (Å²) in [4.78, 5) is 2.38. The highest BCUT2D eigenvalue weighted by molar-refractivity contribution is 5.49. The van der Waals surface area contributed by atoms with Crippen LogP contribution < -0.4 is 10.6 Å². The van der Waals surface area contributed by atoms with E-state index in [4.69, 9.17) is 5.73 Å². The Kier molecular flexibility index (Phi) is 4.44. The topological polar surface area (TPSA) is 29.3 Å². The molecule has 0 amide bonds. The molecule has 2 aromatic carbocycles. The van der Waals surface area contributed by atoms with Crippen LogP contribution in [0.1, 0.15) is 17.5 Å². The van der Waals surface area contributed by atoms with Crippen LogP contribution in [-0.4, -0.2) is 19.1 Å². The predicted molar refractivity (Wildman–Crippen MR) is 89.6 cm³/mol. The molecule has 22 heavy (non-hydrogen) atoms. The van der Waals surface area contributed by atoms with Crippen molar-refractivity contribution in [3.8, 4) is 0 Å². The normalized spacial score (nSPS) is 21.9. The first-order valence-corrected chi connectivity index (χ1v) is 7.92. The first-order valence-electron chi connectivity index (χ1n) is 7.92. The van der Waals surface area contributed by atoms with E-state index in [1.807, 2.05) is 12.1 Å². The molecule has 1 fully saturated rings. The van der Waals surface area contributed by atoms with E-state index in [1.165, 1.54) is 28.9 Å². The lowest BCUT2D eigenvalue weighted by atomic mass is 9.88. The Morgan fingerprint density at radius 1 is 1.14 bits per heavy atom. The van der Waals surface area contributed by atoms with Crippen LogP contribution in [0.3, 0.4) is 0 Å². The second-order valence-electron chi connectivity index (χ2n) is 6.44. The number of hydrogen-bond acceptors (Lipinski definition) is 2. The summed E-state index contributed by atoms with van der Waals surface area (Å²) in [6, 6.07) is 15.6. The predicted octanol–water partition coefficient (Wildman–Crippen LogP) is 3.53. The first kappa shape index (κ1) is 15.0. The molecule has 1 heterocycles. The quantitative estimate of drug-likeness (QED) is 0.939. The van der Waals surface area contributed by atoms with Gasteiger partial charge in [-0.25, -0.2) is 4.39 Å². The number of nitrogens with zero attached hydrogens (tertiary/aromatic N) is 1. The van der Waals surface area contributed by atoms with E-state index in [2.05, 4.69) is 36.1 Å². The van der Waals surface area contributed by atoms with Crippen LogP contribution in [0.2, 0.25) is 0 Å². The van der Waals surface area contributed by atoms with Crippen molar-refractivity contribution in [1.29, 1.82) is 0 Å². The number of anilines is 1. The number of rotatable bonds is 3. The number of aryl methyl sites for hydroxylation is 1. The van der Waals surface area contributed by atoms with Gasteiger partial charge in [0.1, 0.15) is 5.82 Å². The van der Waals surface area contributed by atoms with Gasteiger partial charge in [-0.15, -0.1) is 0 Å². The van der Waals surface area contributed by atoms with Crippen LogP contribution in [-0.2, 0) is 6.42 Å². The van der Waals surface area contributed by atoms with Crippen molar-refractivity contribution in [1.82, 2.24) is 0 Å². The second-order valence-corrected chi connectivity index (χ2v) is 6.44. The van der Waals surface area contributed by atoms with Crippen molar-refractivity contribution in [3.05, 3.63) is 65.5 Å². The zero-order valence-corrected chi connectivity index (χ0v) is 13.0. The van der Waals surface area contributed by atoms with Gasteiger partial charge in [-0.05, 0) is 61.1 Å². The summed E-state index contributed by atoms with van der Waals surface area (Å²) in [6.07, 6.45) is 1.98. The van der Waals surface area contributed by atoms with Crippen LogP contribution in [0.25, 0.3) is 0 Å². The van der Waals surface area contributed by atoms with Crippen molar-refractivity contribution in [3.63, 3.8) is 0 Å². The van der Waals surface area contributed by atoms with Gasteiger partial charge < -0.3 is 10.6 Å². The summed E-state index contributed by atoms with van der Waals surface area (Å²) in [5, 5.41) is 0. The zero-order chi connectivity index (χ0) is 15.5. The molecule has 2 N–H and O–H groups in total. The van der Waals surface area contributed by atoms with Gasteiger partial charge in [-0.3, -0.25) is 0 Å². The van der Waals surface area contributed by atoms with Gasteiger partial charge in [0.25, 0.3) is 0 Å². The minimum Gasteiger partial charge on any atom is -0.370 e. The molecule has 0 bridgehead atoms. The molecular formula is C19H23FN2. The smallest absolute Gasteiger partial charge is 0.123 e. The molecule has 3 rings (SSSR count). The fraction of sp³-hybridized carbons (Fsp3) is 0.368. The van der Waals surface area contributed by atoms with Gasteiger partial charge in [-0.1, -0.05) is 24.3 Å². The molecule has 2 unspecified atom stereocenters. The highest BCUT2D eigenvalue weighted by atomic mass is 19.1. The first-order chi connectivity index (χ1) is 10.6. The SMILES string of the molecule is Cc1cccc(N2CC(N)CC(Cc3ccc(F)cc3)C2)c1. The Bertz CT molecular complexity index is 624. The molecule has 2 nitrogen and oxygen atoms in total. The Hall–Kier alpha value is -1.87. The molecule has 2 aromatic rings. The van der Waals surface area contributed by atoms with Gasteiger partial charge in [0.2, 0.25) is 0 Å². The van der Waals surface area contributed by atoms with Crippen LogP contribution in [0.5, 0.6) is 0 Å². The summed E-state index contributed by atoms with van der Waals surface area (Å²) in [7, 11) is 0. The Morgan fingerprint density at radius 3 is 2.64 bits per heavy atom. The number of hydrogen-bond donors (Lipinski definition) is 1. The van der Waals surface area contributed by atoms with Gasteiger partial charge in [-0.2, -0.15) is 0 Å². The standard InChI is InChI=1S/C19H23FN2/c1-14-3-2-4-19(9-14)22-12-16(11-18(21)13-22)10-15-5-7-17(20)8-6-15/h2-9,16,18H,10-13,21H2,1H3. The minimum absolute atomic E-state index is 0.175. The number of nitrogens with two attached hydrogens (primary N) is 1. The van der Waals surface area contributed by atoms with E-state index < -0.39 is 0 Å². The van der Waals surface area contributed by atoms with Crippen LogP contribution in [0, 0.1) is 18.7 Å². The number of piperidine rings is 1. The lowest BCUT2D eigenvalue weighted by Gasteiger charge is -2.38. The molecule has 1 saturated heterocycles. The maximum Gasteiger partial charge on any atom is 0.123 e. The van der Waals surface area contributed by atoms with E-state index >= 15 is 0 Å². The highest BCUT2D eigenvalue weighted by Gasteiger charge is 2.25. The van der Waals surface area contributed by atoms with Crippen LogP contribution in [0.4, 0.5) is 10.1 Å². The molecule has 2 atom stereocenters. The lowest BCUT2D eigenvalue weighted by Crippen LogP contribution is -2.47. The zero-order valence-electron chi connectivity index (χ0n) is 13.0. The fourth-order valence-corrected chi connectivity index (χ4v) is 3.38. The molecule has 0 radical (unpaired) electrons. The average Bonchev–Trinajstić information content (AvgIpc) is 2.49. The van der Waals surface area contributed by atoms with E-state index in [1.54, 1.807) is 0 Å². The summed E-state index contributed by atoms with van der Waals surface area (Å²) in [5.41, 5.74) is 9.97. The third kappa shape index (κ3) is 3.66. The summed E-state index contributed by atoms with van der Waals surface area (Å²) in [5.74, 6) is 0.334. The van der Waals surface area contributed by atoms with Crippen LogP contribution >= 0.6 is 0 Å². The Balaban J connectivity index is 1.72. The molecule has 0 spiro atoms. The second kappa shape index (κ2) is 6.49. The van der Waals surface area contributed by atoms with E-state index in [-0.39, 0.29) is 11.9 Å². The maximum absolute atomic E-state index is 13.0. The van der Waals surface area contributed by atoms with E-state index in [0.717, 1.165) is 25.9 Å². The molecule has 116 valence electrons. The molecule has 3 heteroatoms. The molecule has 0 aromatic heterocycles. The Morgan fingerprint density at radius 2 is 1.91 bits per heavy atom. The lowest BCUT2D eigenvalue weighted by molar-refractivity contribution is 0.374. The minimum atomic E-state index is -0.175. The third-order valence-electron chi connectivity index (χ3n) is 4.37. The van der Waals surface area contributed by atoms with Crippen LogP contribution in [0.15, 0.2) is 48.5 Å². The Labute approximate surface area is 131 Å². The van der Waals surface area contributed by atoms with Gasteiger partial charge in [0, 0.05) is 24.8 Å². The van der Waals surface area contributed by atoms with Crippen molar-refractivity contribution in [2.45, 2.75) is 25.8 Å². The number of halogens is 1. The fourth-order valence-electron chi connectivity index (χ4n) is 3.38. The molecule has 1 aliphatic heterocycles. The van der Waals surface area contributed by atoms with Gasteiger partial charge in [0.05, 0.1) is 0 Å². The highest BCUT2D eigenvalue weighted by Crippen LogP contribution is 2.25. The van der Waals surface area contributed by atoms with E-state index in [9.17, 15) is 4.39 Å². The monoisotopic (exact) mass is 298 g/mol. The summed E-state index contributed by atoms with van der Waals surface area (Å²) in [6.45, 7) is 4.03. The van der Waals surface area contributed by atoms with Crippen molar-refractivity contribution in [2.75, 3.05) is 18.0 Å². The van der Waals surface area contributed by atoms with Gasteiger partial charge in [0.15, 0.2) is 0 Å². The molecule has 1 aliphatic rings. The van der Waals surface area contributed by atoms with Crippen molar-refractivity contribution >= 4 is 5.69 Å². The summed E-state index contributed by atoms with van der Waals surface area (Å²) >= 11 is 0. The average molecular weight is 298 g/mol. The molecular weight excluding hydrogens is 275 g/mol. The maximum atomic E-state index is 13.0. The van der Waals surface area contributed by atoms with Gasteiger partial charge >= 0.3 is 0 Å². The number of benzene rings is 2. The van der Waals surface area contributed by atoms with E-state index in [0.29, 0.717) is 5.92 Å². The summed E-state index contributed by atoms with van der Waals surface area (Å²) < 4.78 is 13.0. The third-order valence-corrected chi connectivity index (χ3v) is 4.37. The van der Waals surface area contributed by atoms with Crippen molar-refractivity contribution < 1.29 is 4.39 Å².